The Morgan fingerprint density at radius 3 is 2.52 bits per heavy atom. The van der Waals surface area contributed by atoms with Crippen LogP contribution in [0.15, 0.2) is 4.99 Å². The highest BCUT2D eigenvalue weighted by Crippen LogP contribution is 2.00. The second-order valence-electron chi connectivity index (χ2n) is 6.40. The van der Waals surface area contributed by atoms with E-state index in [1.54, 1.807) is 0 Å². The molecule has 1 aromatic heterocycles. The monoisotopic (exact) mass is 351 g/mol. The van der Waals surface area contributed by atoms with Gasteiger partial charge in [0.25, 0.3) is 0 Å². The summed E-state index contributed by atoms with van der Waals surface area (Å²) in [5, 5.41) is 15.1. The SMILES string of the molecule is CCCCNC(=NCc1nnc(C)n1C)NCCCN1CCOCC1. The van der Waals surface area contributed by atoms with Crippen LogP contribution in [0, 0.1) is 6.92 Å². The minimum absolute atomic E-state index is 0.530. The number of hydrogen-bond donors (Lipinski definition) is 2. The van der Waals surface area contributed by atoms with Crippen molar-refractivity contribution >= 4 is 5.96 Å². The summed E-state index contributed by atoms with van der Waals surface area (Å²) in [7, 11) is 1.97. The zero-order valence-corrected chi connectivity index (χ0v) is 15.9. The number of hydrogen-bond acceptors (Lipinski definition) is 5. The molecule has 1 aromatic rings. The summed E-state index contributed by atoms with van der Waals surface area (Å²) in [5.41, 5.74) is 0. The van der Waals surface area contributed by atoms with Gasteiger partial charge in [-0.25, -0.2) is 4.99 Å². The van der Waals surface area contributed by atoms with Gasteiger partial charge in [-0.2, -0.15) is 0 Å². The molecule has 0 saturated carbocycles. The van der Waals surface area contributed by atoms with Gasteiger partial charge in [0.2, 0.25) is 0 Å². The highest BCUT2D eigenvalue weighted by molar-refractivity contribution is 5.79. The number of aryl methyl sites for hydroxylation is 1. The van der Waals surface area contributed by atoms with E-state index < -0.39 is 0 Å². The van der Waals surface area contributed by atoms with Gasteiger partial charge in [-0.3, -0.25) is 4.90 Å². The summed E-state index contributed by atoms with van der Waals surface area (Å²) in [6, 6.07) is 0. The highest BCUT2D eigenvalue weighted by atomic mass is 16.5. The van der Waals surface area contributed by atoms with E-state index in [9.17, 15) is 0 Å². The normalized spacial score (nSPS) is 16.2. The topological polar surface area (TPSA) is 79.6 Å². The number of nitrogens with one attached hydrogen (secondary N) is 2. The number of guanidine groups is 1. The average Bonchev–Trinajstić information content (AvgIpc) is 2.95. The number of rotatable bonds is 9. The second kappa shape index (κ2) is 11.0. The van der Waals surface area contributed by atoms with Crippen LogP contribution in [-0.2, 0) is 18.3 Å². The first-order valence-corrected chi connectivity index (χ1v) is 9.38. The van der Waals surface area contributed by atoms with E-state index in [1.165, 1.54) is 6.42 Å². The van der Waals surface area contributed by atoms with E-state index in [0.29, 0.717) is 6.54 Å². The minimum Gasteiger partial charge on any atom is -0.379 e. The number of unbranched alkanes of at least 4 members (excludes halogenated alkanes) is 1. The van der Waals surface area contributed by atoms with E-state index >= 15 is 0 Å². The first-order chi connectivity index (χ1) is 12.2. The van der Waals surface area contributed by atoms with Gasteiger partial charge in [-0.05, 0) is 26.3 Å². The van der Waals surface area contributed by atoms with Gasteiger partial charge in [-0.15, -0.1) is 10.2 Å². The smallest absolute Gasteiger partial charge is 0.191 e. The second-order valence-corrected chi connectivity index (χ2v) is 6.40. The van der Waals surface area contributed by atoms with Crippen LogP contribution < -0.4 is 10.6 Å². The molecule has 2 heterocycles. The van der Waals surface area contributed by atoms with Crippen molar-refractivity contribution in [1.82, 2.24) is 30.3 Å². The number of aromatic nitrogens is 3. The molecule has 0 aliphatic carbocycles. The van der Waals surface area contributed by atoms with Crippen molar-refractivity contribution in [1.29, 1.82) is 0 Å². The van der Waals surface area contributed by atoms with Crippen LogP contribution >= 0.6 is 0 Å². The Bertz CT molecular complexity index is 523. The summed E-state index contributed by atoms with van der Waals surface area (Å²) in [4.78, 5) is 7.11. The maximum atomic E-state index is 5.39. The summed E-state index contributed by atoms with van der Waals surface area (Å²) in [5.74, 6) is 2.64. The summed E-state index contributed by atoms with van der Waals surface area (Å²) < 4.78 is 7.36. The lowest BCUT2D eigenvalue weighted by Gasteiger charge is -2.26. The molecule has 0 spiro atoms. The Morgan fingerprint density at radius 1 is 1.16 bits per heavy atom. The van der Waals surface area contributed by atoms with Crippen LogP contribution in [-0.4, -0.2) is 71.6 Å². The Balaban J connectivity index is 1.77. The van der Waals surface area contributed by atoms with Gasteiger partial charge < -0.3 is 19.9 Å². The van der Waals surface area contributed by atoms with Gasteiger partial charge in [-0.1, -0.05) is 13.3 Å². The molecule has 0 aromatic carbocycles. The summed E-state index contributed by atoms with van der Waals surface area (Å²) in [6.45, 7) is 11.4. The molecular formula is C17H33N7O. The maximum Gasteiger partial charge on any atom is 0.191 e. The Labute approximate surface area is 151 Å². The first-order valence-electron chi connectivity index (χ1n) is 9.38. The van der Waals surface area contributed by atoms with Crippen molar-refractivity contribution in [3.05, 3.63) is 11.6 Å². The molecule has 2 N–H and O–H groups in total. The van der Waals surface area contributed by atoms with E-state index in [4.69, 9.17) is 4.74 Å². The Hall–Kier alpha value is -1.67. The van der Waals surface area contributed by atoms with Gasteiger partial charge in [0, 0.05) is 33.2 Å². The maximum absolute atomic E-state index is 5.39. The van der Waals surface area contributed by atoms with Crippen LogP contribution in [0.25, 0.3) is 0 Å². The Kier molecular flexibility index (Phi) is 8.68. The van der Waals surface area contributed by atoms with Gasteiger partial charge in [0.15, 0.2) is 11.8 Å². The fourth-order valence-corrected chi connectivity index (χ4v) is 2.63. The Morgan fingerprint density at radius 2 is 1.88 bits per heavy atom. The molecular weight excluding hydrogens is 318 g/mol. The first kappa shape index (κ1) is 19.7. The number of aliphatic imine (C=N–C) groups is 1. The van der Waals surface area contributed by atoms with E-state index in [1.807, 2.05) is 18.5 Å². The average molecular weight is 351 g/mol. The molecule has 1 aliphatic heterocycles. The molecule has 1 fully saturated rings. The lowest BCUT2D eigenvalue weighted by molar-refractivity contribution is 0.0376. The molecule has 8 heteroatoms. The highest BCUT2D eigenvalue weighted by Gasteiger charge is 2.09. The fourth-order valence-electron chi connectivity index (χ4n) is 2.63. The molecule has 0 unspecified atom stereocenters. The standard InChI is InChI=1S/C17H33N7O/c1-4-5-7-18-17(20-14-16-22-21-15(2)23(16)3)19-8-6-9-24-10-12-25-13-11-24/h4-14H2,1-3H3,(H2,18,19,20). The largest absolute Gasteiger partial charge is 0.379 e. The van der Waals surface area contributed by atoms with Crippen LogP contribution in [0.2, 0.25) is 0 Å². The van der Waals surface area contributed by atoms with Crippen molar-refractivity contribution in [2.75, 3.05) is 45.9 Å². The predicted molar refractivity (Wildman–Crippen MR) is 99.7 cm³/mol. The summed E-state index contributed by atoms with van der Waals surface area (Å²) >= 11 is 0. The van der Waals surface area contributed by atoms with Crippen molar-refractivity contribution in [3.8, 4) is 0 Å². The van der Waals surface area contributed by atoms with Crippen molar-refractivity contribution in [3.63, 3.8) is 0 Å². The van der Waals surface area contributed by atoms with Crippen LogP contribution in [0.4, 0.5) is 0 Å². The lowest BCUT2D eigenvalue weighted by atomic mass is 10.3. The fraction of sp³-hybridized carbons (Fsp3) is 0.824. The van der Waals surface area contributed by atoms with Crippen molar-refractivity contribution in [2.24, 2.45) is 12.0 Å². The zero-order chi connectivity index (χ0) is 17.9. The molecule has 1 saturated heterocycles. The molecule has 2 rings (SSSR count). The van der Waals surface area contributed by atoms with Crippen molar-refractivity contribution < 1.29 is 4.74 Å². The number of nitrogens with zero attached hydrogens (tertiary/aromatic N) is 5. The van der Waals surface area contributed by atoms with E-state index in [2.05, 4.69) is 37.6 Å². The number of morpholine rings is 1. The van der Waals surface area contributed by atoms with Gasteiger partial charge in [0.1, 0.15) is 12.4 Å². The predicted octanol–water partition coefficient (Wildman–Crippen LogP) is 0.681. The van der Waals surface area contributed by atoms with Crippen molar-refractivity contribution in [2.45, 2.75) is 39.7 Å². The summed E-state index contributed by atoms with van der Waals surface area (Å²) in [6.07, 6.45) is 3.40. The van der Waals surface area contributed by atoms with Crippen LogP contribution in [0.3, 0.4) is 0 Å². The molecule has 1 aliphatic rings. The minimum atomic E-state index is 0.530. The third-order valence-corrected chi connectivity index (χ3v) is 4.43. The van der Waals surface area contributed by atoms with Gasteiger partial charge >= 0.3 is 0 Å². The third-order valence-electron chi connectivity index (χ3n) is 4.43. The molecule has 142 valence electrons. The molecule has 8 nitrogen and oxygen atoms in total. The zero-order valence-electron chi connectivity index (χ0n) is 15.9. The van der Waals surface area contributed by atoms with E-state index in [0.717, 1.165) is 76.4 Å². The van der Waals surface area contributed by atoms with Crippen LogP contribution in [0.1, 0.15) is 37.8 Å². The molecule has 0 amide bonds. The van der Waals surface area contributed by atoms with Gasteiger partial charge in [0.05, 0.1) is 13.2 Å². The van der Waals surface area contributed by atoms with E-state index in [-0.39, 0.29) is 0 Å². The number of ether oxygens (including phenoxy) is 1. The lowest BCUT2D eigenvalue weighted by Crippen LogP contribution is -2.41. The molecule has 25 heavy (non-hydrogen) atoms. The molecule has 0 radical (unpaired) electrons. The van der Waals surface area contributed by atoms with Crippen LogP contribution in [0.5, 0.6) is 0 Å². The third kappa shape index (κ3) is 6.99. The molecule has 0 bridgehead atoms. The quantitative estimate of drug-likeness (QED) is 0.387. The molecule has 0 atom stereocenters.